The van der Waals surface area contributed by atoms with Crippen LogP contribution >= 0.6 is 0 Å². The van der Waals surface area contributed by atoms with Gasteiger partial charge < -0.3 is 9.64 Å². The monoisotopic (exact) mass is 318 g/mol. The van der Waals surface area contributed by atoms with E-state index in [0.29, 0.717) is 11.7 Å². The Labute approximate surface area is 135 Å². The number of nitrogens with zero attached hydrogens (tertiary/aromatic N) is 2. The summed E-state index contributed by atoms with van der Waals surface area (Å²) in [5.41, 5.74) is 0.0642. The van der Waals surface area contributed by atoms with Crippen LogP contribution in [0, 0.1) is 16.0 Å². The van der Waals surface area contributed by atoms with Crippen molar-refractivity contribution >= 4 is 11.6 Å². The van der Waals surface area contributed by atoms with Gasteiger partial charge in [-0.3, -0.25) is 14.9 Å². The number of hydrogen-bond acceptors (Lipinski definition) is 4. The Morgan fingerprint density at radius 2 is 1.70 bits per heavy atom. The fourth-order valence-corrected chi connectivity index (χ4v) is 3.46. The minimum atomic E-state index is -0.420. The molecule has 0 bridgehead atoms. The van der Waals surface area contributed by atoms with E-state index in [2.05, 4.69) is 0 Å². The van der Waals surface area contributed by atoms with Crippen LogP contribution < -0.4 is 4.74 Å². The van der Waals surface area contributed by atoms with Crippen molar-refractivity contribution in [3.8, 4) is 5.75 Å². The van der Waals surface area contributed by atoms with Crippen LogP contribution in [0.15, 0.2) is 24.3 Å². The molecule has 1 amide bonds. The van der Waals surface area contributed by atoms with Gasteiger partial charge in [0, 0.05) is 44.0 Å². The van der Waals surface area contributed by atoms with Crippen molar-refractivity contribution in [1.82, 2.24) is 4.90 Å². The molecule has 3 rings (SSSR count). The number of amides is 1. The molecule has 0 N–H and O–H groups in total. The molecule has 23 heavy (non-hydrogen) atoms. The van der Waals surface area contributed by atoms with E-state index in [1.807, 2.05) is 4.90 Å². The maximum absolute atomic E-state index is 12.4. The number of piperidine rings is 1. The van der Waals surface area contributed by atoms with E-state index in [1.54, 1.807) is 12.1 Å². The second-order valence-corrected chi connectivity index (χ2v) is 6.37. The molecule has 0 spiro atoms. The van der Waals surface area contributed by atoms with Gasteiger partial charge >= 0.3 is 0 Å². The molecule has 6 nitrogen and oxygen atoms in total. The van der Waals surface area contributed by atoms with Crippen LogP contribution in [0.2, 0.25) is 0 Å². The molecule has 1 saturated heterocycles. The van der Waals surface area contributed by atoms with Crippen LogP contribution in [-0.4, -0.2) is 34.9 Å². The van der Waals surface area contributed by atoms with Gasteiger partial charge in [0.05, 0.1) is 4.92 Å². The molecule has 1 aliphatic heterocycles. The second-order valence-electron chi connectivity index (χ2n) is 6.37. The molecular formula is C17H22N2O4. The first-order chi connectivity index (χ1) is 11.1. The number of non-ortho nitro benzene ring substituents is 1. The van der Waals surface area contributed by atoms with Gasteiger partial charge in [-0.1, -0.05) is 12.8 Å². The normalized spacial score (nSPS) is 19.7. The highest BCUT2D eigenvalue weighted by atomic mass is 16.6. The molecule has 1 aromatic rings. The Morgan fingerprint density at radius 3 is 2.26 bits per heavy atom. The lowest BCUT2D eigenvalue weighted by Crippen LogP contribution is -2.43. The van der Waals surface area contributed by atoms with Gasteiger partial charge in [-0.25, -0.2) is 0 Å². The third kappa shape index (κ3) is 3.81. The summed E-state index contributed by atoms with van der Waals surface area (Å²) < 4.78 is 5.88. The van der Waals surface area contributed by atoms with Crippen molar-refractivity contribution in [2.75, 3.05) is 13.1 Å². The zero-order valence-electron chi connectivity index (χ0n) is 13.1. The number of ether oxygens (including phenoxy) is 1. The number of rotatable bonds is 4. The van der Waals surface area contributed by atoms with Gasteiger partial charge in [-0.2, -0.15) is 0 Å². The van der Waals surface area contributed by atoms with Gasteiger partial charge in [0.25, 0.3) is 5.69 Å². The van der Waals surface area contributed by atoms with E-state index in [9.17, 15) is 14.9 Å². The van der Waals surface area contributed by atoms with Crippen molar-refractivity contribution in [2.24, 2.45) is 5.92 Å². The quantitative estimate of drug-likeness (QED) is 0.631. The largest absolute Gasteiger partial charge is 0.490 e. The minimum absolute atomic E-state index is 0.0642. The maximum Gasteiger partial charge on any atom is 0.269 e. The summed E-state index contributed by atoms with van der Waals surface area (Å²) in [6, 6.07) is 6.17. The molecule has 1 aromatic carbocycles. The Balaban J connectivity index is 1.48. The topological polar surface area (TPSA) is 72.7 Å². The summed E-state index contributed by atoms with van der Waals surface area (Å²) in [7, 11) is 0. The van der Waals surface area contributed by atoms with Crippen molar-refractivity contribution in [1.29, 1.82) is 0 Å². The van der Waals surface area contributed by atoms with E-state index < -0.39 is 4.92 Å². The summed E-state index contributed by atoms with van der Waals surface area (Å²) >= 11 is 0. The third-order valence-corrected chi connectivity index (χ3v) is 4.81. The Kier molecular flexibility index (Phi) is 4.79. The van der Waals surface area contributed by atoms with Crippen LogP contribution in [0.4, 0.5) is 5.69 Å². The molecule has 2 fully saturated rings. The highest BCUT2D eigenvalue weighted by Gasteiger charge is 2.30. The molecule has 124 valence electrons. The fourth-order valence-electron chi connectivity index (χ4n) is 3.46. The van der Waals surface area contributed by atoms with Crippen LogP contribution in [-0.2, 0) is 4.79 Å². The maximum atomic E-state index is 12.4. The molecule has 6 heteroatoms. The van der Waals surface area contributed by atoms with Crippen molar-refractivity contribution in [3.05, 3.63) is 34.4 Å². The summed E-state index contributed by atoms with van der Waals surface area (Å²) in [6.45, 7) is 1.49. The van der Waals surface area contributed by atoms with Crippen LogP contribution in [0.5, 0.6) is 5.75 Å². The summed E-state index contributed by atoms with van der Waals surface area (Å²) in [5.74, 6) is 1.20. The predicted molar refractivity (Wildman–Crippen MR) is 85.3 cm³/mol. The minimum Gasteiger partial charge on any atom is -0.490 e. The SMILES string of the molecule is O=C(C1CCCC1)N1CCC(Oc2ccc([N+](=O)[O-])cc2)CC1. The van der Waals surface area contributed by atoms with Gasteiger partial charge in [0.2, 0.25) is 5.91 Å². The molecule has 1 saturated carbocycles. The first-order valence-electron chi connectivity index (χ1n) is 8.33. The Hall–Kier alpha value is -2.11. The van der Waals surface area contributed by atoms with E-state index in [-0.39, 0.29) is 17.7 Å². The number of nitro groups is 1. The molecule has 1 heterocycles. The third-order valence-electron chi connectivity index (χ3n) is 4.81. The molecule has 0 atom stereocenters. The average Bonchev–Trinajstić information content (AvgIpc) is 3.10. The van der Waals surface area contributed by atoms with Crippen LogP contribution in [0.1, 0.15) is 38.5 Å². The van der Waals surface area contributed by atoms with Gasteiger partial charge in [-0.05, 0) is 25.0 Å². The lowest BCUT2D eigenvalue weighted by atomic mass is 10.0. The van der Waals surface area contributed by atoms with Crippen LogP contribution in [0.3, 0.4) is 0 Å². The zero-order valence-corrected chi connectivity index (χ0v) is 13.1. The fraction of sp³-hybridized carbons (Fsp3) is 0.588. The number of hydrogen-bond donors (Lipinski definition) is 0. The van der Waals surface area contributed by atoms with Crippen molar-refractivity contribution in [2.45, 2.75) is 44.6 Å². The number of benzene rings is 1. The molecular weight excluding hydrogens is 296 g/mol. The van der Waals surface area contributed by atoms with Gasteiger partial charge in [0.15, 0.2) is 0 Å². The van der Waals surface area contributed by atoms with Crippen molar-refractivity contribution in [3.63, 3.8) is 0 Å². The summed E-state index contributed by atoms with van der Waals surface area (Å²) in [5, 5.41) is 10.6. The number of likely N-dealkylation sites (tertiary alicyclic amines) is 1. The lowest BCUT2D eigenvalue weighted by Gasteiger charge is -2.33. The zero-order chi connectivity index (χ0) is 16.2. The van der Waals surface area contributed by atoms with Crippen LogP contribution in [0.25, 0.3) is 0 Å². The molecule has 0 aromatic heterocycles. The Bertz CT molecular complexity index is 558. The highest BCUT2D eigenvalue weighted by Crippen LogP contribution is 2.28. The van der Waals surface area contributed by atoms with E-state index in [4.69, 9.17) is 4.74 Å². The summed E-state index contributed by atoms with van der Waals surface area (Å²) in [4.78, 5) is 24.6. The molecule has 1 aliphatic carbocycles. The average molecular weight is 318 g/mol. The number of nitro benzene ring substituents is 1. The molecule has 2 aliphatic rings. The second kappa shape index (κ2) is 6.98. The smallest absolute Gasteiger partial charge is 0.269 e. The van der Waals surface area contributed by atoms with Crippen molar-refractivity contribution < 1.29 is 14.5 Å². The summed E-state index contributed by atoms with van der Waals surface area (Å²) in [6.07, 6.45) is 6.14. The van der Waals surface area contributed by atoms with E-state index in [1.165, 1.54) is 25.0 Å². The predicted octanol–water partition coefficient (Wildman–Crippen LogP) is 3.15. The van der Waals surface area contributed by atoms with Gasteiger partial charge in [0.1, 0.15) is 11.9 Å². The molecule has 0 unspecified atom stereocenters. The Morgan fingerprint density at radius 1 is 1.09 bits per heavy atom. The number of carbonyl (C=O) groups is 1. The first kappa shape index (κ1) is 15.8. The van der Waals surface area contributed by atoms with E-state index >= 15 is 0 Å². The lowest BCUT2D eigenvalue weighted by molar-refractivity contribution is -0.384. The first-order valence-corrected chi connectivity index (χ1v) is 8.33. The standard InChI is InChI=1S/C17H22N2O4/c20-17(13-3-1-2-4-13)18-11-9-16(10-12-18)23-15-7-5-14(6-8-15)19(21)22/h5-8,13,16H,1-4,9-12H2. The van der Waals surface area contributed by atoms with Gasteiger partial charge in [-0.15, -0.1) is 0 Å². The number of carbonyl (C=O) groups excluding carboxylic acids is 1. The molecule has 0 radical (unpaired) electrons. The van der Waals surface area contributed by atoms with E-state index in [0.717, 1.165) is 38.8 Å². The highest BCUT2D eigenvalue weighted by molar-refractivity contribution is 5.79.